The molecule has 2 unspecified atom stereocenters. The number of benzene rings is 1. The van der Waals surface area contributed by atoms with E-state index in [2.05, 4.69) is 26.6 Å². The Hall–Kier alpha value is -2.30. The molecule has 2 fully saturated rings. The fourth-order valence-electron chi connectivity index (χ4n) is 3.54. The summed E-state index contributed by atoms with van der Waals surface area (Å²) in [5.41, 5.74) is -0.0632. The highest BCUT2D eigenvalue weighted by Gasteiger charge is 2.39. The highest BCUT2D eigenvalue weighted by atomic mass is 32.2. The Morgan fingerprint density at radius 2 is 2.00 bits per heavy atom. The van der Waals surface area contributed by atoms with Crippen LogP contribution in [0.4, 0.5) is 20.3 Å². The van der Waals surface area contributed by atoms with Gasteiger partial charge >= 0.3 is 0 Å². The van der Waals surface area contributed by atoms with Crippen LogP contribution in [-0.2, 0) is 14.8 Å². The lowest BCUT2D eigenvalue weighted by atomic mass is 10.1. The largest absolute Gasteiger partial charge is 0.373 e. The van der Waals surface area contributed by atoms with Crippen molar-refractivity contribution in [2.75, 3.05) is 42.9 Å². The smallest absolute Gasteiger partial charge is 0.263 e. The lowest BCUT2D eigenvalue weighted by molar-refractivity contribution is -0.0362. The number of likely N-dealkylation sites (N-methyl/N-ethyl adjacent to an activating group) is 1. The highest BCUT2D eigenvalue weighted by molar-refractivity contribution is 7.92. The molecule has 0 aliphatic carbocycles. The number of sulfonamides is 1. The number of ether oxygens (including phenoxy) is 1. The van der Waals surface area contributed by atoms with Gasteiger partial charge in [0.25, 0.3) is 10.0 Å². The number of hydrogen-bond donors (Lipinski definition) is 1. The number of anilines is 2. The van der Waals surface area contributed by atoms with Crippen molar-refractivity contribution in [2.45, 2.75) is 17.0 Å². The van der Waals surface area contributed by atoms with Crippen molar-refractivity contribution in [1.82, 2.24) is 9.88 Å². The summed E-state index contributed by atoms with van der Waals surface area (Å²) in [5.74, 6) is -1.51. The molecule has 0 spiro atoms. The number of fused-ring (bicyclic) bond motifs is 1. The molecule has 0 amide bonds. The number of pyridine rings is 1. The molecule has 4 rings (SSSR count). The minimum absolute atomic E-state index is 0.0632. The van der Waals surface area contributed by atoms with Crippen LogP contribution in [0.15, 0.2) is 41.4 Å². The van der Waals surface area contributed by atoms with Crippen LogP contribution in [0.5, 0.6) is 0 Å². The second-order valence-electron chi connectivity index (χ2n) is 6.95. The third kappa shape index (κ3) is 3.67. The van der Waals surface area contributed by atoms with E-state index in [9.17, 15) is 17.2 Å². The summed E-state index contributed by atoms with van der Waals surface area (Å²) >= 11 is 0. The molecule has 2 aliphatic rings. The van der Waals surface area contributed by atoms with E-state index in [0.29, 0.717) is 19.0 Å². The zero-order valence-electron chi connectivity index (χ0n) is 15.2. The maximum Gasteiger partial charge on any atom is 0.263 e. The van der Waals surface area contributed by atoms with Gasteiger partial charge in [-0.05, 0) is 31.3 Å². The van der Waals surface area contributed by atoms with Crippen molar-refractivity contribution in [2.24, 2.45) is 0 Å². The van der Waals surface area contributed by atoms with Crippen molar-refractivity contribution in [3.8, 4) is 0 Å². The van der Waals surface area contributed by atoms with Gasteiger partial charge in [-0.1, -0.05) is 0 Å². The Morgan fingerprint density at radius 3 is 2.68 bits per heavy atom. The van der Waals surface area contributed by atoms with Crippen LogP contribution in [0.3, 0.4) is 0 Å². The topological polar surface area (TPSA) is 74.8 Å². The van der Waals surface area contributed by atoms with Gasteiger partial charge in [-0.15, -0.1) is 0 Å². The fourth-order valence-corrected chi connectivity index (χ4v) is 4.53. The third-order valence-corrected chi connectivity index (χ3v) is 6.47. The van der Waals surface area contributed by atoms with Crippen LogP contribution in [-0.4, -0.2) is 63.7 Å². The van der Waals surface area contributed by atoms with Crippen molar-refractivity contribution < 1.29 is 21.9 Å². The van der Waals surface area contributed by atoms with Gasteiger partial charge in [0.15, 0.2) is 11.6 Å². The number of halogens is 2. The average Bonchev–Trinajstić information content (AvgIpc) is 3.10. The van der Waals surface area contributed by atoms with Crippen LogP contribution in [0.1, 0.15) is 0 Å². The van der Waals surface area contributed by atoms with Gasteiger partial charge in [0.1, 0.15) is 10.7 Å². The molecule has 2 saturated heterocycles. The van der Waals surface area contributed by atoms with E-state index in [0.717, 1.165) is 31.3 Å². The second kappa shape index (κ2) is 7.26. The molecule has 7 nitrogen and oxygen atoms in total. The molecule has 1 aromatic heterocycles. The molecule has 3 heterocycles. The molecule has 28 heavy (non-hydrogen) atoms. The zero-order chi connectivity index (χ0) is 19.9. The molecule has 1 aromatic carbocycles. The third-order valence-electron chi connectivity index (χ3n) is 5.11. The van der Waals surface area contributed by atoms with E-state index < -0.39 is 21.7 Å². The minimum Gasteiger partial charge on any atom is -0.373 e. The maximum absolute atomic E-state index is 13.3. The van der Waals surface area contributed by atoms with Crippen LogP contribution >= 0.6 is 0 Å². The fraction of sp³-hybridized carbons (Fsp3) is 0.389. The summed E-state index contributed by atoms with van der Waals surface area (Å²) in [5, 5.41) is 0. The molecule has 2 aliphatic heterocycles. The number of morpholine rings is 1. The molecule has 0 saturated carbocycles. The number of aromatic nitrogens is 1. The van der Waals surface area contributed by atoms with E-state index in [-0.39, 0.29) is 22.7 Å². The molecule has 2 atom stereocenters. The minimum atomic E-state index is -3.97. The molecule has 1 N–H and O–H groups in total. The van der Waals surface area contributed by atoms with Gasteiger partial charge in [-0.3, -0.25) is 9.62 Å². The van der Waals surface area contributed by atoms with Crippen molar-refractivity contribution in [3.05, 3.63) is 48.2 Å². The molecule has 0 radical (unpaired) electrons. The molecule has 2 aromatic rings. The summed E-state index contributed by atoms with van der Waals surface area (Å²) in [6.07, 6.45) is 1.36. The van der Waals surface area contributed by atoms with Gasteiger partial charge in [0, 0.05) is 31.9 Å². The van der Waals surface area contributed by atoms with Gasteiger partial charge in [-0.25, -0.2) is 22.2 Å². The summed E-state index contributed by atoms with van der Waals surface area (Å²) in [7, 11) is -1.90. The molecular formula is C18H20F2N4O3S. The molecule has 150 valence electrons. The van der Waals surface area contributed by atoms with E-state index >= 15 is 0 Å². The lowest BCUT2D eigenvalue weighted by Gasteiger charge is -2.33. The molecular weight excluding hydrogens is 390 g/mol. The number of nitrogens with one attached hydrogen (secondary N) is 1. The molecule has 0 bridgehead atoms. The van der Waals surface area contributed by atoms with Gasteiger partial charge < -0.3 is 9.64 Å². The van der Waals surface area contributed by atoms with Crippen molar-refractivity contribution >= 4 is 21.5 Å². The predicted molar refractivity (Wildman–Crippen MR) is 99.8 cm³/mol. The van der Waals surface area contributed by atoms with Gasteiger partial charge in [0.05, 0.1) is 24.4 Å². The maximum atomic E-state index is 13.3. The second-order valence-corrected chi connectivity index (χ2v) is 8.63. The Bertz CT molecular complexity index is 971. The predicted octanol–water partition coefficient (Wildman–Crippen LogP) is 1.68. The number of rotatable bonds is 4. The Morgan fingerprint density at radius 1 is 1.18 bits per heavy atom. The first-order chi connectivity index (χ1) is 13.3. The zero-order valence-corrected chi connectivity index (χ0v) is 16.0. The van der Waals surface area contributed by atoms with Gasteiger partial charge in [-0.2, -0.15) is 0 Å². The van der Waals surface area contributed by atoms with Crippen LogP contribution in [0, 0.1) is 11.6 Å². The van der Waals surface area contributed by atoms with Crippen molar-refractivity contribution in [1.29, 1.82) is 0 Å². The van der Waals surface area contributed by atoms with Gasteiger partial charge in [0.2, 0.25) is 0 Å². The lowest BCUT2D eigenvalue weighted by Crippen LogP contribution is -2.48. The number of nitrogens with zero attached hydrogens (tertiary/aromatic N) is 3. The monoisotopic (exact) mass is 410 g/mol. The summed E-state index contributed by atoms with van der Waals surface area (Å²) < 4.78 is 59.3. The normalized spacial score (nSPS) is 22.9. The van der Waals surface area contributed by atoms with E-state index in [4.69, 9.17) is 4.74 Å². The van der Waals surface area contributed by atoms with Crippen LogP contribution in [0.25, 0.3) is 0 Å². The highest BCUT2D eigenvalue weighted by Crippen LogP contribution is 2.26. The summed E-state index contributed by atoms with van der Waals surface area (Å²) in [4.78, 5) is 8.55. The average molecular weight is 410 g/mol. The number of hydrogen-bond acceptors (Lipinski definition) is 6. The Labute approximate surface area is 162 Å². The van der Waals surface area contributed by atoms with E-state index in [1.807, 2.05) is 0 Å². The van der Waals surface area contributed by atoms with E-state index in [1.165, 1.54) is 12.3 Å². The molecule has 10 heteroatoms. The van der Waals surface area contributed by atoms with Crippen LogP contribution < -0.4 is 9.62 Å². The SMILES string of the molecule is CN1CCOC2CN(c3ccc(S(=O)(=O)Nc4ccc(F)c(F)c4)cn3)CC21. The summed E-state index contributed by atoms with van der Waals surface area (Å²) in [6, 6.07) is 6.17. The quantitative estimate of drug-likeness (QED) is 0.827. The first kappa shape index (κ1) is 19.0. The Balaban J connectivity index is 1.49. The Kier molecular flexibility index (Phi) is 4.94. The van der Waals surface area contributed by atoms with Crippen LogP contribution in [0.2, 0.25) is 0 Å². The van der Waals surface area contributed by atoms with E-state index in [1.54, 1.807) is 6.07 Å². The van der Waals surface area contributed by atoms with Crippen molar-refractivity contribution in [3.63, 3.8) is 0 Å². The standard InChI is InChI=1S/C18H20F2N4O3S/c1-23-6-7-27-17-11-24(10-16(17)23)18-5-3-13(9-21-18)28(25,26)22-12-2-4-14(19)15(20)8-12/h2-5,8-9,16-17,22H,6-7,10-11H2,1H3. The first-order valence-corrected chi connectivity index (χ1v) is 10.3. The first-order valence-electron chi connectivity index (χ1n) is 8.84. The summed E-state index contributed by atoms with van der Waals surface area (Å²) in [6.45, 7) is 3.04.